The first-order chi connectivity index (χ1) is 16.9. The average molecular weight is 482 g/mol. The number of fused-ring (bicyclic) bond motifs is 1. The number of hydrogen-bond donors (Lipinski definition) is 1. The predicted molar refractivity (Wildman–Crippen MR) is 132 cm³/mol. The summed E-state index contributed by atoms with van der Waals surface area (Å²) < 4.78 is 21.7. The van der Waals surface area contributed by atoms with Gasteiger partial charge in [-0.3, -0.25) is 9.69 Å². The van der Waals surface area contributed by atoms with Crippen molar-refractivity contribution in [1.29, 1.82) is 0 Å². The maximum Gasteiger partial charge on any atom is 0.344 e. The number of phenolic OH excluding ortho intramolecular Hbond substituents is 1. The molecular formula is C27H31NO7. The highest BCUT2D eigenvalue weighted by Crippen LogP contribution is 2.36. The van der Waals surface area contributed by atoms with E-state index in [0.717, 1.165) is 30.3 Å². The van der Waals surface area contributed by atoms with E-state index in [1.807, 2.05) is 6.92 Å². The number of carbonyl (C=O) groups is 1. The summed E-state index contributed by atoms with van der Waals surface area (Å²) in [4.78, 5) is 27.5. The van der Waals surface area contributed by atoms with Crippen molar-refractivity contribution < 1.29 is 28.5 Å². The number of aryl methyl sites for hydroxylation is 1. The van der Waals surface area contributed by atoms with E-state index in [9.17, 15) is 14.7 Å². The minimum atomic E-state index is -0.503. The molecule has 1 unspecified atom stereocenters. The molecule has 0 radical (unpaired) electrons. The topological polar surface area (TPSA) is 98.4 Å². The van der Waals surface area contributed by atoms with Crippen molar-refractivity contribution in [2.45, 2.75) is 33.2 Å². The Morgan fingerprint density at radius 1 is 1.17 bits per heavy atom. The summed E-state index contributed by atoms with van der Waals surface area (Å²) in [6.07, 6.45) is 1.63. The molecule has 1 aliphatic rings. The van der Waals surface area contributed by atoms with Gasteiger partial charge in [-0.1, -0.05) is 6.07 Å². The number of esters is 1. The van der Waals surface area contributed by atoms with Crippen LogP contribution in [0.4, 0.5) is 0 Å². The Morgan fingerprint density at radius 3 is 2.66 bits per heavy atom. The third-order valence-corrected chi connectivity index (χ3v) is 6.59. The molecule has 35 heavy (non-hydrogen) atoms. The van der Waals surface area contributed by atoms with Crippen LogP contribution in [0, 0.1) is 12.8 Å². The Kier molecular flexibility index (Phi) is 7.31. The Balaban J connectivity index is 1.73. The number of carbonyl (C=O) groups excluding carboxylic acids is 1. The molecule has 1 atom stereocenters. The number of phenols is 1. The molecule has 3 aromatic rings. The molecule has 1 N–H and O–H groups in total. The zero-order valence-electron chi connectivity index (χ0n) is 20.6. The lowest BCUT2D eigenvalue weighted by atomic mass is 9.96. The Bertz CT molecular complexity index is 1300. The van der Waals surface area contributed by atoms with Crippen LogP contribution >= 0.6 is 0 Å². The van der Waals surface area contributed by atoms with Crippen molar-refractivity contribution in [1.82, 2.24) is 4.90 Å². The van der Waals surface area contributed by atoms with Crippen molar-refractivity contribution in [3.05, 3.63) is 51.9 Å². The number of benzene rings is 2. The maximum atomic E-state index is 13.2. The van der Waals surface area contributed by atoms with Crippen molar-refractivity contribution in [3.8, 4) is 28.4 Å². The van der Waals surface area contributed by atoms with Gasteiger partial charge in [-0.2, -0.15) is 0 Å². The normalized spacial score (nSPS) is 16.3. The van der Waals surface area contributed by atoms with Crippen LogP contribution in [-0.2, 0) is 16.1 Å². The third-order valence-electron chi connectivity index (χ3n) is 6.59. The molecule has 1 fully saturated rings. The first-order valence-corrected chi connectivity index (χ1v) is 11.8. The highest BCUT2D eigenvalue weighted by atomic mass is 16.5. The second-order valence-electron chi connectivity index (χ2n) is 8.73. The summed E-state index contributed by atoms with van der Waals surface area (Å²) in [7, 11) is 3.10. The smallest absolute Gasteiger partial charge is 0.344 e. The van der Waals surface area contributed by atoms with Crippen molar-refractivity contribution >= 4 is 16.9 Å². The van der Waals surface area contributed by atoms with E-state index >= 15 is 0 Å². The van der Waals surface area contributed by atoms with Crippen LogP contribution < -0.4 is 15.1 Å². The van der Waals surface area contributed by atoms with E-state index < -0.39 is 5.63 Å². The summed E-state index contributed by atoms with van der Waals surface area (Å²) in [5, 5.41) is 11.4. The SMILES string of the molecule is CCOC(=O)C1CCCN(Cc2c(O)ccc3c(C)c(-c4ccc(OC)c(OC)c4)c(=O)oc23)C1. The van der Waals surface area contributed by atoms with Gasteiger partial charge >= 0.3 is 11.6 Å². The van der Waals surface area contributed by atoms with Gasteiger partial charge in [0.15, 0.2) is 11.5 Å². The van der Waals surface area contributed by atoms with Crippen LogP contribution in [0.2, 0.25) is 0 Å². The second-order valence-corrected chi connectivity index (χ2v) is 8.73. The Labute approximate surface area is 204 Å². The summed E-state index contributed by atoms with van der Waals surface area (Å²) >= 11 is 0. The van der Waals surface area contributed by atoms with E-state index in [2.05, 4.69) is 4.90 Å². The molecule has 2 heterocycles. The fourth-order valence-electron chi connectivity index (χ4n) is 4.81. The van der Waals surface area contributed by atoms with E-state index in [0.29, 0.717) is 53.5 Å². The molecule has 186 valence electrons. The average Bonchev–Trinajstić information content (AvgIpc) is 2.86. The lowest BCUT2D eigenvalue weighted by Gasteiger charge is -2.31. The minimum Gasteiger partial charge on any atom is -0.507 e. The molecule has 0 amide bonds. The molecule has 0 saturated carbocycles. The molecule has 2 aromatic carbocycles. The van der Waals surface area contributed by atoms with Gasteiger partial charge in [0, 0.05) is 18.5 Å². The largest absolute Gasteiger partial charge is 0.507 e. The molecule has 0 spiro atoms. The molecule has 0 bridgehead atoms. The molecule has 8 nitrogen and oxygen atoms in total. The number of likely N-dealkylation sites (tertiary alicyclic amines) is 1. The van der Waals surface area contributed by atoms with Gasteiger partial charge in [-0.25, -0.2) is 4.79 Å². The van der Waals surface area contributed by atoms with E-state index in [1.54, 1.807) is 51.5 Å². The van der Waals surface area contributed by atoms with Gasteiger partial charge in [0.1, 0.15) is 11.3 Å². The first kappa shape index (κ1) is 24.6. The first-order valence-electron chi connectivity index (χ1n) is 11.8. The number of ether oxygens (including phenoxy) is 3. The maximum absolute atomic E-state index is 13.2. The van der Waals surface area contributed by atoms with Gasteiger partial charge in [-0.05, 0) is 68.6 Å². The number of aromatic hydroxyl groups is 1. The van der Waals surface area contributed by atoms with Crippen LogP contribution in [0.1, 0.15) is 30.9 Å². The fraction of sp³-hybridized carbons (Fsp3) is 0.407. The van der Waals surface area contributed by atoms with Crippen LogP contribution in [0.5, 0.6) is 17.2 Å². The lowest BCUT2D eigenvalue weighted by molar-refractivity contribution is -0.150. The number of hydrogen-bond acceptors (Lipinski definition) is 8. The summed E-state index contributed by atoms with van der Waals surface area (Å²) in [5.41, 5.74) is 2.21. The highest BCUT2D eigenvalue weighted by Gasteiger charge is 2.28. The van der Waals surface area contributed by atoms with Crippen LogP contribution in [-0.4, -0.2) is 49.9 Å². The summed E-state index contributed by atoms with van der Waals surface area (Å²) in [6, 6.07) is 8.66. The quantitative estimate of drug-likeness (QED) is 0.395. The highest BCUT2D eigenvalue weighted by molar-refractivity contribution is 5.90. The van der Waals surface area contributed by atoms with Gasteiger partial charge in [0.25, 0.3) is 0 Å². The monoisotopic (exact) mass is 481 g/mol. The zero-order valence-corrected chi connectivity index (χ0v) is 20.6. The second kappa shape index (κ2) is 10.4. The summed E-state index contributed by atoms with van der Waals surface area (Å²) in [5.74, 6) is 0.732. The third kappa shape index (κ3) is 4.84. The standard InChI is InChI=1S/C27H31NO7/c1-5-34-26(30)18-7-6-12-28(14-18)15-20-21(29)10-9-19-16(2)24(27(31)35-25(19)20)17-8-11-22(32-3)23(13-17)33-4/h8-11,13,18,29H,5-7,12,14-15H2,1-4H3. The van der Waals surface area contributed by atoms with Gasteiger partial charge < -0.3 is 23.7 Å². The van der Waals surface area contributed by atoms with Crippen molar-refractivity contribution in [3.63, 3.8) is 0 Å². The number of nitrogens with zero attached hydrogens (tertiary/aromatic N) is 1. The molecule has 1 aliphatic heterocycles. The summed E-state index contributed by atoms with van der Waals surface area (Å²) in [6.45, 7) is 5.68. The minimum absolute atomic E-state index is 0.0529. The Hall–Kier alpha value is -3.52. The van der Waals surface area contributed by atoms with Crippen molar-refractivity contribution in [2.75, 3.05) is 33.9 Å². The van der Waals surface area contributed by atoms with Crippen molar-refractivity contribution in [2.24, 2.45) is 5.92 Å². The van der Waals surface area contributed by atoms with Crippen LogP contribution in [0.3, 0.4) is 0 Å². The molecule has 1 aromatic heterocycles. The van der Waals surface area contributed by atoms with Gasteiger partial charge in [0.05, 0.1) is 37.9 Å². The fourth-order valence-corrected chi connectivity index (χ4v) is 4.81. The zero-order chi connectivity index (χ0) is 25.1. The van der Waals surface area contributed by atoms with Gasteiger partial charge in [-0.15, -0.1) is 0 Å². The molecule has 8 heteroatoms. The number of piperidine rings is 1. The molecule has 1 saturated heterocycles. The van der Waals surface area contributed by atoms with E-state index in [4.69, 9.17) is 18.6 Å². The Morgan fingerprint density at radius 2 is 1.94 bits per heavy atom. The number of rotatable bonds is 7. The molecular weight excluding hydrogens is 450 g/mol. The van der Waals surface area contributed by atoms with Crippen LogP contribution in [0.25, 0.3) is 22.1 Å². The molecule has 4 rings (SSSR count). The van der Waals surface area contributed by atoms with Gasteiger partial charge in [0.2, 0.25) is 0 Å². The number of methoxy groups -OCH3 is 2. The predicted octanol–water partition coefficient (Wildman–Crippen LogP) is 4.27. The van der Waals surface area contributed by atoms with E-state index in [1.165, 1.54) is 0 Å². The molecule has 0 aliphatic carbocycles. The van der Waals surface area contributed by atoms with Crippen LogP contribution in [0.15, 0.2) is 39.5 Å². The van der Waals surface area contributed by atoms with E-state index in [-0.39, 0.29) is 17.6 Å². The lowest BCUT2D eigenvalue weighted by Crippen LogP contribution is -2.39.